The van der Waals surface area contributed by atoms with Crippen molar-refractivity contribution in [1.29, 1.82) is 0 Å². The van der Waals surface area contributed by atoms with Gasteiger partial charge in [0.1, 0.15) is 11.4 Å². The zero-order chi connectivity index (χ0) is 17.0. The van der Waals surface area contributed by atoms with E-state index in [1.165, 1.54) is 31.2 Å². The number of benzene rings is 2. The van der Waals surface area contributed by atoms with Crippen molar-refractivity contribution in [2.45, 2.75) is 19.4 Å². The summed E-state index contributed by atoms with van der Waals surface area (Å²) in [6, 6.07) is 11.7. The molecule has 0 aliphatic heterocycles. The molecule has 0 saturated heterocycles. The number of halogens is 1. The van der Waals surface area contributed by atoms with Gasteiger partial charge >= 0.3 is 0 Å². The Kier molecular flexibility index (Phi) is 4.91. The highest BCUT2D eigenvalue weighted by atomic mass is 19.1. The highest BCUT2D eigenvalue weighted by molar-refractivity contribution is 5.97. The highest BCUT2D eigenvalue weighted by Gasteiger charge is 2.24. The Labute approximate surface area is 134 Å². The van der Waals surface area contributed by atoms with Crippen molar-refractivity contribution in [3.05, 3.63) is 71.0 Å². The van der Waals surface area contributed by atoms with Gasteiger partial charge in [-0.05, 0) is 43.7 Å². The van der Waals surface area contributed by atoms with Crippen molar-refractivity contribution in [3.8, 4) is 0 Å². The number of hydrogen-bond acceptors (Lipinski definition) is 3. The predicted molar refractivity (Wildman–Crippen MR) is 84.8 cm³/mol. The number of ketones is 1. The van der Waals surface area contributed by atoms with Crippen molar-refractivity contribution in [3.63, 3.8) is 0 Å². The van der Waals surface area contributed by atoms with E-state index in [2.05, 4.69) is 5.32 Å². The van der Waals surface area contributed by atoms with E-state index in [9.17, 15) is 19.1 Å². The van der Waals surface area contributed by atoms with Gasteiger partial charge in [0.2, 0.25) is 0 Å². The first kappa shape index (κ1) is 16.8. The number of hydrogen-bond donors (Lipinski definition) is 2. The van der Waals surface area contributed by atoms with E-state index in [-0.39, 0.29) is 24.1 Å². The molecule has 0 aliphatic carbocycles. The molecule has 1 unspecified atom stereocenters. The number of amides is 1. The summed E-state index contributed by atoms with van der Waals surface area (Å²) in [7, 11) is 0. The van der Waals surface area contributed by atoms with Gasteiger partial charge in [0, 0.05) is 11.1 Å². The molecule has 0 radical (unpaired) electrons. The summed E-state index contributed by atoms with van der Waals surface area (Å²) in [4.78, 5) is 23.3. The summed E-state index contributed by atoms with van der Waals surface area (Å²) in [5.74, 6) is -0.821. The normalized spacial score (nSPS) is 13.2. The zero-order valence-corrected chi connectivity index (χ0v) is 13.0. The molecule has 0 spiro atoms. The van der Waals surface area contributed by atoms with E-state index in [4.69, 9.17) is 0 Å². The Morgan fingerprint density at radius 2 is 1.57 bits per heavy atom. The summed E-state index contributed by atoms with van der Waals surface area (Å²) in [5.41, 5.74) is 0.110. The summed E-state index contributed by atoms with van der Waals surface area (Å²) in [6.45, 7) is 2.97. The average molecular weight is 315 g/mol. The first-order chi connectivity index (χ1) is 10.8. The van der Waals surface area contributed by atoms with Gasteiger partial charge in [0.05, 0.1) is 6.54 Å². The first-order valence-electron chi connectivity index (χ1n) is 7.17. The van der Waals surface area contributed by atoms with Gasteiger partial charge in [-0.25, -0.2) is 4.39 Å². The lowest BCUT2D eigenvalue weighted by Gasteiger charge is -2.24. The number of rotatable bonds is 5. The van der Waals surface area contributed by atoms with Crippen LogP contribution in [0.4, 0.5) is 4.39 Å². The predicted octanol–water partition coefficient (Wildman–Crippen LogP) is 2.67. The third kappa shape index (κ3) is 4.23. The Morgan fingerprint density at radius 1 is 1.04 bits per heavy atom. The first-order valence-corrected chi connectivity index (χ1v) is 7.17. The molecule has 1 amide bonds. The minimum atomic E-state index is -1.32. The second kappa shape index (κ2) is 6.71. The SMILES string of the molecule is CC(=O)c1ccc(C(=O)NCC(C)(O)c2ccc(F)cc2)cc1. The average Bonchev–Trinajstić information content (AvgIpc) is 2.53. The number of Topliss-reactive ketones (excluding diaryl/α,β-unsaturated/α-hetero) is 1. The van der Waals surface area contributed by atoms with E-state index in [0.29, 0.717) is 16.7 Å². The number of carbonyl (C=O) groups excluding carboxylic acids is 2. The fourth-order valence-corrected chi connectivity index (χ4v) is 2.12. The molecule has 0 heterocycles. The number of carbonyl (C=O) groups is 2. The van der Waals surface area contributed by atoms with Gasteiger partial charge < -0.3 is 10.4 Å². The van der Waals surface area contributed by atoms with Crippen LogP contribution in [0.3, 0.4) is 0 Å². The molecular weight excluding hydrogens is 297 g/mol. The van der Waals surface area contributed by atoms with Gasteiger partial charge in [0.25, 0.3) is 5.91 Å². The van der Waals surface area contributed by atoms with Gasteiger partial charge in [-0.3, -0.25) is 9.59 Å². The molecule has 0 aromatic heterocycles. The molecule has 5 heteroatoms. The van der Waals surface area contributed by atoms with Crippen LogP contribution in [0.1, 0.15) is 40.1 Å². The number of nitrogens with one attached hydrogen (secondary N) is 1. The smallest absolute Gasteiger partial charge is 0.251 e. The minimum absolute atomic E-state index is 0.0219. The Bertz CT molecular complexity index is 706. The van der Waals surface area contributed by atoms with Gasteiger partial charge in [-0.1, -0.05) is 24.3 Å². The van der Waals surface area contributed by atoms with Crippen molar-refractivity contribution < 1.29 is 19.1 Å². The summed E-state index contributed by atoms with van der Waals surface area (Å²) < 4.78 is 12.9. The van der Waals surface area contributed by atoms with E-state index in [1.807, 2.05) is 0 Å². The molecule has 23 heavy (non-hydrogen) atoms. The molecule has 2 rings (SSSR count). The second-order valence-corrected chi connectivity index (χ2v) is 5.60. The maximum atomic E-state index is 12.9. The monoisotopic (exact) mass is 315 g/mol. The fourth-order valence-electron chi connectivity index (χ4n) is 2.12. The zero-order valence-electron chi connectivity index (χ0n) is 13.0. The van der Waals surface area contributed by atoms with Crippen LogP contribution < -0.4 is 5.32 Å². The molecule has 2 aromatic carbocycles. The Balaban J connectivity index is 2.02. The van der Waals surface area contributed by atoms with Crippen LogP contribution in [-0.4, -0.2) is 23.3 Å². The van der Waals surface area contributed by atoms with Crippen molar-refractivity contribution in [1.82, 2.24) is 5.32 Å². The molecule has 0 saturated carbocycles. The molecule has 2 N–H and O–H groups in total. The van der Waals surface area contributed by atoms with Crippen LogP contribution in [0, 0.1) is 5.82 Å². The van der Waals surface area contributed by atoms with E-state index in [1.54, 1.807) is 31.2 Å². The Hall–Kier alpha value is -2.53. The van der Waals surface area contributed by atoms with Crippen molar-refractivity contribution in [2.75, 3.05) is 6.54 Å². The van der Waals surface area contributed by atoms with Crippen LogP contribution in [0.2, 0.25) is 0 Å². The quantitative estimate of drug-likeness (QED) is 0.834. The molecular formula is C18H18FNO3. The molecule has 4 nitrogen and oxygen atoms in total. The van der Waals surface area contributed by atoms with Gasteiger partial charge in [0.15, 0.2) is 5.78 Å². The van der Waals surface area contributed by atoms with Gasteiger partial charge in [-0.15, -0.1) is 0 Å². The third-order valence-corrected chi connectivity index (χ3v) is 3.61. The van der Waals surface area contributed by atoms with Crippen LogP contribution in [-0.2, 0) is 5.60 Å². The number of aliphatic hydroxyl groups is 1. The summed E-state index contributed by atoms with van der Waals surface area (Å²) in [6.07, 6.45) is 0. The van der Waals surface area contributed by atoms with Crippen LogP contribution in [0.5, 0.6) is 0 Å². The molecule has 2 aromatic rings. The third-order valence-electron chi connectivity index (χ3n) is 3.61. The lowest BCUT2D eigenvalue weighted by molar-refractivity contribution is 0.0526. The van der Waals surface area contributed by atoms with E-state index in [0.717, 1.165) is 0 Å². The highest BCUT2D eigenvalue weighted by Crippen LogP contribution is 2.20. The van der Waals surface area contributed by atoms with Crippen molar-refractivity contribution in [2.24, 2.45) is 0 Å². The lowest BCUT2D eigenvalue weighted by Crippen LogP contribution is -2.38. The molecule has 120 valence electrons. The van der Waals surface area contributed by atoms with Crippen molar-refractivity contribution >= 4 is 11.7 Å². The summed E-state index contributed by atoms with van der Waals surface area (Å²) >= 11 is 0. The fraction of sp³-hybridized carbons (Fsp3) is 0.222. The second-order valence-electron chi connectivity index (χ2n) is 5.60. The topological polar surface area (TPSA) is 66.4 Å². The van der Waals surface area contributed by atoms with Crippen LogP contribution in [0.25, 0.3) is 0 Å². The molecule has 0 bridgehead atoms. The molecule has 0 fully saturated rings. The molecule has 0 aliphatic rings. The largest absolute Gasteiger partial charge is 0.384 e. The summed E-state index contributed by atoms with van der Waals surface area (Å²) in [5, 5.41) is 13.0. The minimum Gasteiger partial charge on any atom is -0.384 e. The van der Waals surface area contributed by atoms with Gasteiger partial charge in [-0.2, -0.15) is 0 Å². The standard InChI is InChI=1S/C18H18FNO3/c1-12(21)13-3-5-14(6-4-13)17(22)20-11-18(2,23)15-7-9-16(19)10-8-15/h3-10,23H,11H2,1-2H3,(H,20,22). The van der Waals surface area contributed by atoms with Crippen LogP contribution >= 0.6 is 0 Å². The lowest BCUT2D eigenvalue weighted by atomic mass is 9.96. The van der Waals surface area contributed by atoms with Crippen LogP contribution in [0.15, 0.2) is 48.5 Å². The maximum Gasteiger partial charge on any atom is 0.251 e. The Morgan fingerprint density at radius 3 is 2.09 bits per heavy atom. The maximum absolute atomic E-state index is 12.9. The molecule has 1 atom stereocenters. The van der Waals surface area contributed by atoms with E-state index < -0.39 is 5.60 Å². The van der Waals surface area contributed by atoms with E-state index >= 15 is 0 Å².